The Balaban J connectivity index is 2.06. The molecule has 0 spiro atoms. The van der Waals surface area contributed by atoms with E-state index in [1.165, 1.54) is 11.0 Å². The van der Waals surface area contributed by atoms with Gasteiger partial charge in [0.1, 0.15) is 18.2 Å². The van der Waals surface area contributed by atoms with E-state index in [9.17, 15) is 18.4 Å². The lowest BCUT2D eigenvalue weighted by atomic mass is 10.2. The number of hydrogen-bond donors (Lipinski definition) is 1. The molecular formula is C19H16Cl2F2N2O2. The normalized spacial score (nSPS) is 10.9. The number of amides is 2. The molecule has 27 heavy (non-hydrogen) atoms. The first-order valence-electron chi connectivity index (χ1n) is 7.98. The van der Waals surface area contributed by atoms with E-state index < -0.39 is 23.4 Å². The summed E-state index contributed by atoms with van der Waals surface area (Å²) in [5.41, 5.74) is -0.0764. The lowest BCUT2D eigenvalue weighted by molar-refractivity contribution is -0.130. The maximum absolute atomic E-state index is 13.6. The van der Waals surface area contributed by atoms with Crippen molar-refractivity contribution in [2.45, 2.75) is 6.92 Å². The molecule has 0 unspecified atom stereocenters. The van der Waals surface area contributed by atoms with Crippen molar-refractivity contribution in [3.63, 3.8) is 0 Å². The molecular weight excluding hydrogens is 397 g/mol. The van der Waals surface area contributed by atoms with Gasteiger partial charge >= 0.3 is 0 Å². The number of nitrogens with one attached hydrogen (secondary N) is 1. The van der Waals surface area contributed by atoms with Gasteiger partial charge in [-0.3, -0.25) is 9.59 Å². The van der Waals surface area contributed by atoms with E-state index >= 15 is 0 Å². The molecule has 0 fully saturated rings. The second kappa shape index (κ2) is 9.48. The minimum Gasteiger partial charge on any atom is -0.330 e. The molecule has 0 heterocycles. The summed E-state index contributed by atoms with van der Waals surface area (Å²) in [6.07, 6.45) is 2.05. The highest BCUT2D eigenvalue weighted by molar-refractivity contribution is 6.39. The molecule has 1 N–H and O–H groups in total. The van der Waals surface area contributed by atoms with Crippen molar-refractivity contribution < 1.29 is 18.4 Å². The van der Waals surface area contributed by atoms with Crippen molar-refractivity contribution in [2.75, 3.05) is 18.4 Å². The Kier molecular flexibility index (Phi) is 7.33. The van der Waals surface area contributed by atoms with Crippen molar-refractivity contribution in [3.05, 3.63) is 69.7 Å². The first kappa shape index (κ1) is 20.9. The summed E-state index contributed by atoms with van der Waals surface area (Å²) in [5, 5.41) is 3.08. The van der Waals surface area contributed by atoms with Crippen LogP contribution in [0.5, 0.6) is 0 Å². The molecule has 4 nitrogen and oxygen atoms in total. The fourth-order valence-corrected chi connectivity index (χ4v) is 2.74. The molecule has 2 rings (SSSR count). The van der Waals surface area contributed by atoms with E-state index in [4.69, 9.17) is 23.2 Å². The van der Waals surface area contributed by atoms with E-state index in [2.05, 4.69) is 5.32 Å². The summed E-state index contributed by atoms with van der Waals surface area (Å²) in [7, 11) is 0. The van der Waals surface area contributed by atoms with Crippen molar-refractivity contribution in [1.29, 1.82) is 0 Å². The van der Waals surface area contributed by atoms with Crippen LogP contribution in [0.25, 0.3) is 6.08 Å². The van der Waals surface area contributed by atoms with Crippen molar-refractivity contribution in [3.8, 4) is 0 Å². The second-order valence-electron chi connectivity index (χ2n) is 5.47. The zero-order valence-corrected chi connectivity index (χ0v) is 15.8. The van der Waals surface area contributed by atoms with Crippen molar-refractivity contribution in [2.24, 2.45) is 0 Å². The minimum absolute atomic E-state index is 0.215. The van der Waals surface area contributed by atoms with Crippen molar-refractivity contribution >= 4 is 46.8 Å². The van der Waals surface area contributed by atoms with Gasteiger partial charge < -0.3 is 10.2 Å². The number of carbonyl (C=O) groups excluding carboxylic acids is 2. The quantitative estimate of drug-likeness (QED) is 0.694. The van der Waals surface area contributed by atoms with Gasteiger partial charge in [0.25, 0.3) is 0 Å². The third-order valence-corrected chi connectivity index (χ3v) is 4.28. The number of rotatable bonds is 6. The Bertz CT molecular complexity index is 848. The summed E-state index contributed by atoms with van der Waals surface area (Å²) in [4.78, 5) is 25.7. The maximum atomic E-state index is 13.6. The van der Waals surface area contributed by atoms with Gasteiger partial charge in [-0.2, -0.15) is 0 Å². The number of para-hydroxylation sites is 1. The number of nitrogens with zero attached hydrogens (tertiary/aromatic N) is 1. The number of anilines is 1. The fourth-order valence-electron chi connectivity index (χ4n) is 2.25. The predicted octanol–water partition coefficient (Wildman–Crippen LogP) is 4.77. The Hall–Kier alpha value is -2.44. The average Bonchev–Trinajstić information content (AvgIpc) is 2.62. The Morgan fingerprint density at radius 1 is 1.07 bits per heavy atom. The number of carbonyl (C=O) groups is 2. The van der Waals surface area contributed by atoms with E-state index in [1.807, 2.05) is 0 Å². The average molecular weight is 413 g/mol. The molecule has 142 valence electrons. The van der Waals surface area contributed by atoms with Crippen LogP contribution in [0.1, 0.15) is 12.5 Å². The van der Waals surface area contributed by atoms with Gasteiger partial charge in [0.15, 0.2) is 0 Å². The highest BCUT2D eigenvalue weighted by Crippen LogP contribution is 2.29. The summed E-state index contributed by atoms with van der Waals surface area (Å²) < 4.78 is 27.2. The number of halogens is 4. The maximum Gasteiger partial charge on any atom is 0.247 e. The first-order chi connectivity index (χ1) is 12.8. The highest BCUT2D eigenvalue weighted by Gasteiger charge is 2.16. The molecule has 2 aromatic carbocycles. The van der Waals surface area contributed by atoms with Crippen LogP contribution in [-0.2, 0) is 9.59 Å². The summed E-state index contributed by atoms with van der Waals surface area (Å²) in [6.45, 7) is 1.61. The van der Waals surface area contributed by atoms with E-state index in [0.29, 0.717) is 0 Å². The zero-order chi connectivity index (χ0) is 20.0. The lowest BCUT2D eigenvalue weighted by Gasteiger charge is -2.19. The Morgan fingerprint density at radius 3 is 2.19 bits per heavy atom. The van der Waals surface area contributed by atoms with Crippen LogP contribution in [0.4, 0.5) is 14.5 Å². The predicted molar refractivity (Wildman–Crippen MR) is 103 cm³/mol. The van der Waals surface area contributed by atoms with Gasteiger partial charge in [0.2, 0.25) is 11.8 Å². The fraction of sp³-hybridized carbons (Fsp3) is 0.158. The molecule has 0 saturated carbocycles. The third-order valence-electron chi connectivity index (χ3n) is 3.65. The molecule has 8 heteroatoms. The molecule has 0 atom stereocenters. The molecule has 2 amide bonds. The van der Waals surface area contributed by atoms with E-state index in [0.717, 1.165) is 24.3 Å². The molecule has 0 aliphatic rings. The largest absolute Gasteiger partial charge is 0.330 e. The van der Waals surface area contributed by atoms with Crippen LogP contribution >= 0.6 is 23.2 Å². The topological polar surface area (TPSA) is 49.4 Å². The van der Waals surface area contributed by atoms with Gasteiger partial charge in [-0.15, -0.1) is 0 Å². The molecule has 0 radical (unpaired) electrons. The van der Waals surface area contributed by atoms with E-state index in [-0.39, 0.29) is 34.4 Å². The van der Waals surface area contributed by atoms with Crippen LogP contribution in [0.3, 0.4) is 0 Å². The van der Waals surface area contributed by atoms with Crippen LogP contribution < -0.4 is 5.32 Å². The Morgan fingerprint density at radius 2 is 1.63 bits per heavy atom. The molecule has 0 aliphatic carbocycles. The van der Waals surface area contributed by atoms with Crippen LogP contribution in [0.2, 0.25) is 10.0 Å². The monoisotopic (exact) mass is 412 g/mol. The molecule has 2 aromatic rings. The summed E-state index contributed by atoms with van der Waals surface area (Å²) in [6, 6.07) is 8.17. The molecule has 0 saturated heterocycles. The van der Waals surface area contributed by atoms with Gasteiger partial charge in [-0.1, -0.05) is 35.3 Å². The third kappa shape index (κ3) is 5.52. The Labute approximate surface area is 165 Å². The smallest absolute Gasteiger partial charge is 0.247 e. The van der Waals surface area contributed by atoms with Crippen LogP contribution in [-0.4, -0.2) is 29.8 Å². The van der Waals surface area contributed by atoms with E-state index in [1.54, 1.807) is 25.1 Å². The van der Waals surface area contributed by atoms with Crippen LogP contribution in [0.15, 0.2) is 42.5 Å². The SMILES string of the molecule is CCN(CC(=O)Nc1c(Cl)cccc1Cl)C(=O)/C=C/c1c(F)cccc1F. The highest BCUT2D eigenvalue weighted by atomic mass is 35.5. The summed E-state index contributed by atoms with van der Waals surface area (Å²) >= 11 is 12.0. The molecule has 0 bridgehead atoms. The second-order valence-corrected chi connectivity index (χ2v) is 6.28. The van der Waals surface area contributed by atoms with Gasteiger partial charge in [0.05, 0.1) is 15.7 Å². The van der Waals surface area contributed by atoms with Gasteiger partial charge in [0, 0.05) is 18.2 Å². The number of likely N-dealkylation sites (N-methyl/N-ethyl adjacent to an activating group) is 1. The molecule has 0 aliphatic heterocycles. The van der Waals surface area contributed by atoms with Crippen molar-refractivity contribution in [1.82, 2.24) is 4.90 Å². The number of benzene rings is 2. The zero-order valence-electron chi connectivity index (χ0n) is 14.3. The van der Waals surface area contributed by atoms with Gasteiger partial charge in [-0.05, 0) is 37.3 Å². The minimum atomic E-state index is -0.784. The lowest BCUT2D eigenvalue weighted by Crippen LogP contribution is -2.37. The standard InChI is InChI=1S/C19H16Cl2F2N2O2/c1-2-25(11-17(26)24-19-13(20)5-3-6-14(19)21)18(27)10-9-12-15(22)7-4-8-16(12)23/h3-10H,2,11H2,1H3,(H,24,26)/b10-9+. The summed E-state index contributed by atoms with van der Waals surface area (Å²) in [5.74, 6) is -2.65. The van der Waals surface area contributed by atoms with Gasteiger partial charge in [-0.25, -0.2) is 8.78 Å². The molecule has 0 aromatic heterocycles. The number of hydrogen-bond acceptors (Lipinski definition) is 2. The van der Waals surface area contributed by atoms with Crippen LogP contribution in [0, 0.1) is 11.6 Å². The first-order valence-corrected chi connectivity index (χ1v) is 8.74.